The number of imide groups is 1. The van der Waals surface area contributed by atoms with Crippen LogP contribution in [0.4, 0.5) is 10.1 Å². The SMILES string of the molecule is CN1C(=O)C(c2ccc(F)cc2)=C(N2CCN(c3ccccc3)CC2)C1=O. The molecule has 0 radical (unpaired) electrons. The van der Waals surface area contributed by atoms with E-state index in [4.69, 9.17) is 0 Å². The molecule has 27 heavy (non-hydrogen) atoms. The number of benzene rings is 2. The van der Waals surface area contributed by atoms with Crippen LogP contribution in [0.5, 0.6) is 0 Å². The molecule has 2 aliphatic heterocycles. The largest absolute Gasteiger partial charge is 0.368 e. The van der Waals surface area contributed by atoms with Gasteiger partial charge in [-0.1, -0.05) is 30.3 Å². The summed E-state index contributed by atoms with van der Waals surface area (Å²) in [6.07, 6.45) is 0. The van der Waals surface area contributed by atoms with E-state index in [0.717, 1.165) is 23.7 Å². The molecule has 0 spiro atoms. The Morgan fingerprint density at radius 1 is 0.778 bits per heavy atom. The molecule has 138 valence electrons. The highest BCUT2D eigenvalue weighted by Crippen LogP contribution is 2.31. The summed E-state index contributed by atoms with van der Waals surface area (Å²) in [5.74, 6) is -1.01. The van der Waals surface area contributed by atoms with Gasteiger partial charge in [-0.3, -0.25) is 14.5 Å². The van der Waals surface area contributed by atoms with E-state index in [1.54, 1.807) is 12.1 Å². The number of carbonyl (C=O) groups is 2. The Morgan fingerprint density at radius 3 is 2.00 bits per heavy atom. The number of hydrogen-bond donors (Lipinski definition) is 0. The number of halogens is 1. The molecule has 5 nitrogen and oxygen atoms in total. The Kier molecular flexibility index (Phi) is 4.39. The van der Waals surface area contributed by atoms with Gasteiger partial charge in [0, 0.05) is 38.9 Å². The van der Waals surface area contributed by atoms with Crippen molar-refractivity contribution in [3.05, 3.63) is 71.7 Å². The van der Waals surface area contributed by atoms with Crippen molar-refractivity contribution in [2.75, 3.05) is 38.1 Å². The standard InChI is InChI=1S/C21H20FN3O2/c1-23-20(26)18(15-7-9-16(22)10-8-15)19(21(23)27)25-13-11-24(12-14-25)17-5-3-2-4-6-17/h2-10H,11-14H2,1H3. The molecule has 2 aromatic rings. The first-order valence-corrected chi connectivity index (χ1v) is 8.94. The van der Waals surface area contributed by atoms with Crippen LogP contribution in [-0.4, -0.2) is 54.8 Å². The van der Waals surface area contributed by atoms with E-state index >= 15 is 0 Å². The molecule has 2 aliphatic rings. The van der Waals surface area contributed by atoms with Crippen molar-refractivity contribution in [1.29, 1.82) is 0 Å². The van der Waals surface area contributed by atoms with E-state index in [0.29, 0.717) is 29.9 Å². The van der Waals surface area contributed by atoms with Crippen LogP contribution in [0.3, 0.4) is 0 Å². The third-order valence-corrected chi connectivity index (χ3v) is 5.11. The fourth-order valence-corrected chi connectivity index (χ4v) is 3.62. The normalized spacial score (nSPS) is 17.9. The summed E-state index contributed by atoms with van der Waals surface area (Å²) in [4.78, 5) is 30.8. The highest BCUT2D eigenvalue weighted by atomic mass is 19.1. The lowest BCUT2D eigenvalue weighted by Gasteiger charge is -2.37. The van der Waals surface area contributed by atoms with Crippen LogP contribution < -0.4 is 4.90 Å². The second kappa shape index (κ2) is 6.87. The molecule has 0 bridgehead atoms. The van der Waals surface area contributed by atoms with Gasteiger partial charge in [-0.2, -0.15) is 0 Å². The Balaban J connectivity index is 1.63. The second-order valence-corrected chi connectivity index (χ2v) is 6.71. The molecule has 0 atom stereocenters. The van der Waals surface area contributed by atoms with Crippen LogP contribution in [0.2, 0.25) is 0 Å². The minimum absolute atomic E-state index is 0.299. The average Bonchev–Trinajstić information content (AvgIpc) is 2.93. The summed E-state index contributed by atoms with van der Waals surface area (Å²) in [5.41, 5.74) is 2.49. The van der Waals surface area contributed by atoms with Crippen molar-refractivity contribution < 1.29 is 14.0 Å². The van der Waals surface area contributed by atoms with Crippen LogP contribution in [0.1, 0.15) is 5.56 Å². The molecule has 2 amide bonds. The van der Waals surface area contributed by atoms with Gasteiger partial charge in [-0.25, -0.2) is 4.39 Å². The molecule has 0 saturated carbocycles. The van der Waals surface area contributed by atoms with Crippen molar-refractivity contribution in [3.8, 4) is 0 Å². The summed E-state index contributed by atoms with van der Waals surface area (Å²) in [7, 11) is 1.49. The Labute approximate surface area is 157 Å². The molecule has 2 aromatic carbocycles. The van der Waals surface area contributed by atoms with E-state index < -0.39 is 0 Å². The maximum absolute atomic E-state index is 13.3. The van der Waals surface area contributed by atoms with Crippen LogP contribution >= 0.6 is 0 Å². The molecule has 0 aromatic heterocycles. The van der Waals surface area contributed by atoms with Crippen molar-refractivity contribution >= 4 is 23.1 Å². The second-order valence-electron chi connectivity index (χ2n) is 6.71. The maximum Gasteiger partial charge on any atom is 0.277 e. The van der Waals surface area contributed by atoms with Gasteiger partial charge in [0.1, 0.15) is 11.5 Å². The number of likely N-dealkylation sites (N-methyl/N-ethyl adjacent to an activating group) is 1. The fourth-order valence-electron chi connectivity index (χ4n) is 3.62. The number of hydrogen-bond acceptors (Lipinski definition) is 4. The summed E-state index contributed by atoms with van der Waals surface area (Å²) in [5, 5.41) is 0. The van der Waals surface area contributed by atoms with Gasteiger partial charge in [0.05, 0.1) is 5.57 Å². The fraction of sp³-hybridized carbons (Fsp3) is 0.238. The first kappa shape index (κ1) is 17.3. The van der Waals surface area contributed by atoms with Crippen molar-refractivity contribution in [2.45, 2.75) is 0 Å². The van der Waals surface area contributed by atoms with Gasteiger partial charge < -0.3 is 9.80 Å². The van der Waals surface area contributed by atoms with Gasteiger partial charge in [-0.05, 0) is 29.8 Å². The summed E-state index contributed by atoms with van der Waals surface area (Å²) < 4.78 is 13.3. The molecule has 6 heteroatoms. The third-order valence-electron chi connectivity index (χ3n) is 5.11. The van der Waals surface area contributed by atoms with Crippen molar-refractivity contribution in [1.82, 2.24) is 9.80 Å². The average molecular weight is 365 g/mol. The summed E-state index contributed by atoms with van der Waals surface area (Å²) >= 11 is 0. The Morgan fingerprint density at radius 2 is 1.37 bits per heavy atom. The molecule has 1 fully saturated rings. The minimum Gasteiger partial charge on any atom is -0.368 e. The maximum atomic E-state index is 13.3. The molecule has 1 saturated heterocycles. The van der Waals surface area contributed by atoms with Crippen LogP contribution in [-0.2, 0) is 9.59 Å². The van der Waals surface area contributed by atoms with Crippen molar-refractivity contribution in [3.63, 3.8) is 0 Å². The Hall–Kier alpha value is -3.15. The zero-order valence-corrected chi connectivity index (χ0v) is 15.1. The lowest BCUT2D eigenvalue weighted by atomic mass is 10.0. The smallest absolute Gasteiger partial charge is 0.277 e. The minimum atomic E-state index is -0.373. The molecule has 4 rings (SSSR count). The molecule has 0 aliphatic carbocycles. The molecule has 0 N–H and O–H groups in total. The quantitative estimate of drug-likeness (QED) is 0.784. The zero-order chi connectivity index (χ0) is 19.0. The topological polar surface area (TPSA) is 43.9 Å². The summed E-state index contributed by atoms with van der Waals surface area (Å²) in [6.45, 7) is 2.80. The third kappa shape index (κ3) is 3.07. The molecule has 0 unspecified atom stereocenters. The van der Waals surface area contributed by atoms with E-state index in [1.807, 2.05) is 23.1 Å². The number of amides is 2. The predicted molar refractivity (Wildman–Crippen MR) is 101 cm³/mol. The number of nitrogens with zero attached hydrogens (tertiary/aromatic N) is 3. The van der Waals surface area contributed by atoms with Gasteiger partial charge in [0.25, 0.3) is 11.8 Å². The van der Waals surface area contributed by atoms with Gasteiger partial charge in [0.2, 0.25) is 0 Å². The van der Waals surface area contributed by atoms with Crippen LogP contribution in [0, 0.1) is 5.82 Å². The zero-order valence-electron chi connectivity index (χ0n) is 15.1. The Bertz CT molecular complexity index is 901. The van der Waals surface area contributed by atoms with Crippen LogP contribution in [0.25, 0.3) is 5.57 Å². The molecule has 2 heterocycles. The lowest BCUT2D eigenvalue weighted by Crippen LogP contribution is -2.47. The molecular formula is C21H20FN3O2. The predicted octanol–water partition coefficient (Wildman–Crippen LogP) is 2.36. The van der Waals surface area contributed by atoms with E-state index in [-0.39, 0.29) is 17.6 Å². The van der Waals surface area contributed by atoms with Crippen molar-refractivity contribution in [2.24, 2.45) is 0 Å². The van der Waals surface area contributed by atoms with Gasteiger partial charge in [-0.15, -0.1) is 0 Å². The van der Waals surface area contributed by atoms with E-state index in [2.05, 4.69) is 17.0 Å². The van der Waals surface area contributed by atoms with Crippen LogP contribution in [0.15, 0.2) is 60.3 Å². The number of piperazine rings is 1. The number of para-hydroxylation sites is 1. The lowest BCUT2D eigenvalue weighted by molar-refractivity contribution is -0.135. The number of anilines is 1. The van der Waals surface area contributed by atoms with E-state index in [9.17, 15) is 14.0 Å². The molecular weight excluding hydrogens is 345 g/mol. The number of rotatable bonds is 3. The van der Waals surface area contributed by atoms with Gasteiger partial charge in [0.15, 0.2) is 0 Å². The monoisotopic (exact) mass is 365 g/mol. The van der Waals surface area contributed by atoms with Gasteiger partial charge >= 0.3 is 0 Å². The highest BCUT2D eigenvalue weighted by Gasteiger charge is 2.40. The first-order chi connectivity index (χ1) is 13.1. The highest BCUT2D eigenvalue weighted by molar-refractivity contribution is 6.35. The summed E-state index contributed by atoms with van der Waals surface area (Å²) in [6, 6.07) is 15.8. The van der Waals surface area contributed by atoms with E-state index in [1.165, 1.54) is 19.2 Å². The number of carbonyl (C=O) groups excluding carboxylic acids is 2. The first-order valence-electron chi connectivity index (χ1n) is 8.94.